The highest BCUT2D eigenvalue weighted by atomic mass is 16.1. The van der Waals surface area contributed by atoms with E-state index in [0.29, 0.717) is 0 Å². The normalized spacial score (nSPS) is 11.6. The fourth-order valence-electron chi connectivity index (χ4n) is 4.12. The van der Waals surface area contributed by atoms with Gasteiger partial charge in [-0.15, -0.1) is 0 Å². The number of carbonyl (C=O) groups excluding carboxylic acids is 1. The van der Waals surface area contributed by atoms with Gasteiger partial charge in [-0.2, -0.15) is 0 Å². The minimum atomic E-state index is 0.0984. The zero-order valence-corrected chi connectivity index (χ0v) is 19.5. The number of nitrogens with zero attached hydrogens (tertiary/aromatic N) is 1. The molecule has 0 spiro atoms. The summed E-state index contributed by atoms with van der Waals surface area (Å²) >= 11 is 0. The van der Waals surface area contributed by atoms with Crippen LogP contribution in [0.2, 0.25) is 0 Å². The Labute approximate surface area is 184 Å². The fraction of sp³-hybridized carbons (Fsp3) is 0.536. The Morgan fingerprint density at radius 1 is 0.667 bits per heavy atom. The van der Waals surface area contributed by atoms with Crippen molar-refractivity contribution < 1.29 is 9.28 Å². The van der Waals surface area contributed by atoms with Gasteiger partial charge in [-0.05, 0) is 12.8 Å². The summed E-state index contributed by atoms with van der Waals surface area (Å²) in [5.41, 5.74) is 2.82. The van der Waals surface area contributed by atoms with E-state index < -0.39 is 0 Å². The van der Waals surface area contributed by atoms with Crippen LogP contribution >= 0.6 is 0 Å². The van der Waals surface area contributed by atoms with Crippen molar-refractivity contribution in [3.63, 3.8) is 0 Å². The van der Waals surface area contributed by atoms with Gasteiger partial charge < -0.3 is 4.48 Å². The van der Waals surface area contributed by atoms with E-state index in [1.165, 1.54) is 76.3 Å². The molecule has 0 heterocycles. The lowest BCUT2D eigenvalue weighted by Gasteiger charge is -2.30. The topological polar surface area (TPSA) is 17.1 Å². The van der Waals surface area contributed by atoms with Crippen molar-refractivity contribution in [2.75, 3.05) is 20.6 Å². The molecule has 0 aromatic heterocycles. The zero-order chi connectivity index (χ0) is 21.7. The first-order chi connectivity index (χ1) is 14.5. The number of carbonyl (C=O) groups is 1. The van der Waals surface area contributed by atoms with Crippen LogP contribution in [0.5, 0.6) is 0 Å². The molecule has 0 radical (unpaired) electrons. The summed E-state index contributed by atoms with van der Waals surface area (Å²) in [7, 11) is 4.63. The second-order valence-electron chi connectivity index (χ2n) is 9.39. The quantitative estimate of drug-likeness (QED) is 0.170. The molecule has 0 aliphatic carbocycles. The van der Waals surface area contributed by atoms with Crippen molar-refractivity contribution in [2.45, 2.75) is 77.7 Å². The lowest BCUT2D eigenvalue weighted by atomic mass is 10.0. The third-order valence-electron chi connectivity index (χ3n) is 5.98. The highest BCUT2D eigenvalue weighted by Crippen LogP contribution is 2.16. The lowest BCUT2D eigenvalue weighted by Crippen LogP contribution is -2.39. The Morgan fingerprint density at radius 3 is 1.73 bits per heavy atom. The van der Waals surface area contributed by atoms with Gasteiger partial charge >= 0.3 is 0 Å². The molecule has 0 saturated heterocycles. The van der Waals surface area contributed by atoms with E-state index >= 15 is 0 Å². The summed E-state index contributed by atoms with van der Waals surface area (Å²) in [5, 5.41) is 0. The zero-order valence-electron chi connectivity index (χ0n) is 19.5. The molecule has 164 valence electrons. The van der Waals surface area contributed by atoms with Crippen molar-refractivity contribution in [3.8, 4) is 0 Å². The molecule has 2 heteroatoms. The summed E-state index contributed by atoms with van der Waals surface area (Å²) in [6.45, 7) is 4.50. The average Bonchev–Trinajstić information content (AvgIpc) is 2.75. The monoisotopic (exact) mass is 408 g/mol. The Morgan fingerprint density at radius 2 is 1.17 bits per heavy atom. The molecule has 0 fully saturated rings. The van der Waals surface area contributed by atoms with Crippen LogP contribution in [0.4, 0.5) is 0 Å². The summed E-state index contributed by atoms with van der Waals surface area (Å²) in [6.07, 6.45) is 13.8. The van der Waals surface area contributed by atoms with Crippen LogP contribution in [-0.4, -0.2) is 30.9 Å². The molecule has 0 aliphatic heterocycles. The number of quaternary nitrogens is 1. The van der Waals surface area contributed by atoms with Crippen molar-refractivity contribution in [1.82, 2.24) is 0 Å². The Kier molecular flexibility index (Phi) is 10.9. The van der Waals surface area contributed by atoms with Gasteiger partial charge in [-0.3, -0.25) is 4.79 Å². The molecule has 0 N–H and O–H groups in total. The van der Waals surface area contributed by atoms with Crippen LogP contribution in [0.1, 0.15) is 92.6 Å². The largest absolute Gasteiger partial charge is 0.325 e. The molecule has 0 bridgehead atoms. The summed E-state index contributed by atoms with van der Waals surface area (Å²) in [6, 6.07) is 17.7. The van der Waals surface area contributed by atoms with E-state index in [0.717, 1.165) is 22.2 Å². The van der Waals surface area contributed by atoms with Crippen LogP contribution in [0.25, 0.3) is 0 Å². The Bertz CT molecular complexity index is 718. The van der Waals surface area contributed by atoms with Gasteiger partial charge in [-0.25, -0.2) is 0 Å². The van der Waals surface area contributed by atoms with Crippen molar-refractivity contribution in [3.05, 3.63) is 71.3 Å². The first-order valence-electron chi connectivity index (χ1n) is 12.0. The first kappa shape index (κ1) is 24.3. The number of unbranched alkanes of at least 4 members (excludes halogenated alkanes) is 9. The maximum atomic E-state index is 12.6. The number of rotatable bonds is 15. The van der Waals surface area contributed by atoms with Crippen molar-refractivity contribution in [1.29, 1.82) is 0 Å². The highest BCUT2D eigenvalue weighted by molar-refractivity contribution is 6.08. The van der Waals surface area contributed by atoms with E-state index in [1.54, 1.807) is 0 Å². The van der Waals surface area contributed by atoms with E-state index in [4.69, 9.17) is 0 Å². The third-order valence-corrected chi connectivity index (χ3v) is 5.98. The maximum Gasteiger partial charge on any atom is 0.193 e. The van der Waals surface area contributed by atoms with Gasteiger partial charge in [0.25, 0.3) is 0 Å². The maximum absolute atomic E-state index is 12.6. The standard InChI is InChI=1S/C28H42NO/c1-4-5-6-7-8-9-10-11-12-16-23-29(2,3)24-25-19-21-27(22-20-25)28(30)26-17-14-13-15-18-26/h13-15,17-22H,4-12,16,23-24H2,1-3H3/q+1. The predicted octanol–water partition coefficient (Wildman–Crippen LogP) is 7.41. The third kappa shape index (κ3) is 9.26. The van der Waals surface area contributed by atoms with Crippen molar-refractivity contribution in [2.24, 2.45) is 0 Å². The van der Waals surface area contributed by atoms with Gasteiger partial charge in [0, 0.05) is 16.7 Å². The van der Waals surface area contributed by atoms with Gasteiger partial charge in [-0.1, -0.05) is 113 Å². The number of benzene rings is 2. The molecule has 2 aromatic carbocycles. The molecule has 0 amide bonds. The van der Waals surface area contributed by atoms with Crippen LogP contribution in [0, 0.1) is 0 Å². The number of hydrogen-bond donors (Lipinski definition) is 0. The van der Waals surface area contributed by atoms with E-state index in [2.05, 4.69) is 33.2 Å². The molecule has 2 nitrogen and oxygen atoms in total. The molecule has 2 rings (SSSR count). The SMILES string of the molecule is CCCCCCCCCCCC[N+](C)(C)Cc1ccc(C(=O)c2ccccc2)cc1. The van der Waals surface area contributed by atoms with Gasteiger partial charge in [0.15, 0.2) is 5.78 Å². The Hall–Kier alpha value is -1.93. The van der Waals surface area contributed by atoms with Crippen LogP contribution < -0.4 is 0 Å². The summed E-state index contributed by atoms with van der Waals surface area (Å²) < 4.78 is 1.00. The Balaban J connectivity index is 1.66. The van der Waals surface area contributed by atoms with E-state index in [1.807, 2.05) is 42.5 Å². The number of hydrogen-bond acceptors (Lipinski definition) is 1. The van der Waals surface area contributed by atoms with Crippen LogP contribution in [0.15, 0.2) is 54.6 Å². The lowest BCUT2D eigenvalue weighted by molar-refractivity contribution is -0.903. The second-order valence-corrected chi connectivity index (χ2v) is 9.39. The van der Waals surface area contributed by atoms with E-state index in [-0.39, 0.29) is 5.78 Å². The van der Waals surface area contributed by atoms with Crippen LogP contribution in [-0.2, 0) is 6.54 Å². The molecule has 2 aromatic rings. The minimum Gasteiger partial charge on any atom is -0.325 e. The van der Waals surface area contributed by atoms with Gasteiger partial charge in [0.05, 0.1) is 20.6 Å². The van der Waals surface area contributed by atoms with Crippen LogP contribution in [0.3, 0.4) is 0 Å². The van der Waals surface area contributed by atoms with Crippen molar-refractivity contribution >= 4 is 5.78 Å². The molecule has 0 unspecified atom stereocenters. The summed E-state index contributed by atoms with van der Waals surface area (Å²) in [5.74, 6) is 0.0984. The molecule has 0 aliphatic rings. The molecule has 0 saturated carbocycles. The average molecular weight is 409 g/mol. The minimum absolute atomic E-state index is 0.0984. The van der Waals surface area contributed by atoms with Gasteiger partial charge in [0.1, 0.15) is 6.54 Å². The molecular weight excluding hydrogens is 366 g/mol. The highest BCUT2D eigenvalue weighted by Gasteiger charge is 2.16. The first-order valence-corrected chi connectivity index (χ1v) is 12.0. The molecule has 30 heavy (non-hydrogen) atoms. The molecular formula is C28H42NO+. The summed E-state index contributed by atoms with van der Waals surface area (Å²) in [4.78, 5) is 12.6. The smallest absolute Gasteiger partial charge is 0.193 e. The fourth-order valence-corrected chi connectivity index (χ4v) is 4.12. The predicted molar refractivity (Wildman–Crippen MR) is 129 cm³/mol. The second kappa shape index (κ2) is 13.4. The van der Waals surface area contributed by atoms with Gasteiger partial charge in [0.2, 0.25) is 0 Å². The van der Waals surface area contributed by atoms with E-state index in [9.17, 15) is 4.79 Å². The number of ketones is 1. The molecule has 0 atom stereocenters.